The number of aromatic nitrogens is 2. The number of hydrogen-bond acceptors (Lipinski definition) is 5. The van der Waals surface area contributed by atoms with E-state index in [0.717, 1.165) is 12.2 Å². The lowest BCUT2D eigenvalue weighted by Crippen LogP contribution is -2.54. The van der Waals surface area contributed by atoms with Crippen molar-refractivity contribution in [3.8, 4) is 11.5 Å². The van der Waals surface area contributed by atoms with Crippen LogP contribution < -0.4 is 14.8 Å². The Morgan fingerprint density at radius 1 is 1.34 bits per heavy atom. The van der Waals surface area contributed by atoms with Gasteiger partial charge in [0.1, 0.15) is 17.1 Å². The number of nitrogens with zero attached hydrogens (tertiary/aromatic N) is 3. The van der Waals surface area contributed by atoms with Gasteiger partial charge in [0.15, 0.2) is 0 Å². The molecule has 2 aliphatic heterocycles. The van der Waals surface area contributed by atoms with Crippen molar-refractivity contribution in [1.29, 1.82) is 0 Å². The molecule has 4 rings (SSSR count). The van der Waals surface area contributed by atoms with Gasteiger partial charge in [0, 0.05) is 44.7 Å². The summed E-state index contributed by atoms with van der Waals surface area (Å²) in [6, 6.07) is 5.22. The number of likely N-dealkylation sites (tertiary alicyclic amines) is 1. The van der Waals surface area contributed by atoms with Crippen molar-refractivity contribution in [3.05, 3.63) is 41.2 Å². The van der Waals surface area contributed by atoms with E-state index in [4.69, 9.17) is 9.47 Å². The molecule has 1 saturated heterocycles. The quantitative estimate of drug-likeness (QED) is 0.855. The van der Waals surface area contributed by atoms with Crippen LogP contribution in [0.5, 0.6) is 11.5 Å². The van der Waals surface area contributed by atoms with Crippen LogP contribution in [0, 0.1) is 6.92 Å². The standard InChI is InChI=1S/C21H26N4O4/c1-4-25-12-17(14(2)23-25)20(27)24-9-7-21(8-10-24)13-22-19(26)16-6-5-15(28-3)11-18(16)29-21/h5-6,11-12H,4,7-10,13H2,1-3H3,(H,22,26). The molecular formula is C21H26N4O4. The summed E-state index contributed by atoms with van der Waals surface area (Å²) < 4.78 is 13.4. The monoisotopic (exact) mass is 398 g/mol. The van der Waals surface area contributed by atoms with Crippen LogP contribution in [0.4, 0.5) is 0 Å². The van der Waals surface area contributed by atoms with Crippen LogP contribution in [-0.2, 0) is 6.54 Å². The van der Waals surface area contributed by atoms with Crippen LogP contribution in [-0.4, -0.2) is 58.8 Å². The lowest BCUT2D eigenvalue weighted by molar-refractivity contribution is 0.00760. The van der Waals surface area contributed by atoms with Gasteiger partial charge < -0.3 is 19.7 Å². The largest absolute Gasteiger partial charge is 0.497 e. The van der Waals surface area contributed by atoms with Gasteiger partial charge in [0.2, 0.25) is 0 Å². The SMILES string of the molecule is CCn1cc(C(=O)N2CCC3(CC2)CNC(=O)c2ccc(OC)cc2O3)c(C)n1. The van der Waals surface area contributed by atoms with Gasteiger partial charge in [-0.2, -0.15) is 5.10 Å². The normalized spacial score (nSPS) is 17.9. The summed E-state index contributed by atoms with van der Waals surface area (Å²) in [6.07, 6.45) is 3.08. The van der Waals surface area contributed by atoms with Gasteiger partial charge >= 0.3 is 0 Å². The molecule has 29 heavy (non-hydrogen) atoms. The molecule has 0 radical (unpaired) electrons. The molecule has 3 heterocycles. The average molecular weight is 398 g/mol. The minimum absolute atomic E-state index is 0.00298. The average Bonchev–Trinajstić information content (AvgIpc) is 3.06. The summed E-state index contributed by atoms with van der Waals surface area (Å²) in [5.74, 6) is 1.02. The van der Waals surface area contributed by atoms with Gasteiger partial charge in [0.25, 0.3) is 11.8 Å². The Morgan fingerprint density at radius 2 is 2.10 bits per heavy atom. The van der Waals surface area contributed by atoms with Crippen molar-refractivity contribution >= 4 is 11.8 Å². The van der Waals surface area contributed by atoms with Crippen molar-refractivity contribution in [2.45, 2.75) is 38.8 Å². The first-order chi connectivity index (χ1) is 13.9. The number of nitrogens with one attached hydrogen (secondary N) is 1. The smallest absolute Gasteiger partial charge is 0.257 e. The number of amides is 2. The molecule has 0 saturated carbocycles. The van der Waals surface area contributed by atoms with Gasteiger partial charge in [-0.15, -0.1) is 0 Å². The van der Waals surface area contributed by atoms with E-state index < -0.39 is 5.60 Å². The van der Waals surface area contributed by atoms with E-state index in [1.165, 1.54) is 0 Å². The fraction of sp³-hybridized carbons (Fsp3) is 0.476. The maximum absolute atomic E-state index is 13.0. The van der Waals surface area contributed by atoms with E-state index in [2.05, 4.69) is 10.4 Å². The third-order valence-corrected chi connectivity index (χ3v) is 5.79. The fourth-order valence-corrected chi connectivity index (χ4v) is 3.96. The van der Waals surface area contributed by atoms with E-state index in [1.54, 1.807) is 30.0 Å². The number of methoxy groups -OCH3 is 1. The Bertz CT molecular complexity index is 944. The summed E-state index contributed by atoms with van der Waals surface area (Å²) >= 11 is 0. The summed E-state index contributed by atoms with van der Waals surface area (Å²) in [4.78, 5) is 27.3. The maximum atomic E-state index is 13.0. The highest BCUT2D eigenvalue weighted by atomic mass is 16.5. The van der Waals surface area contributed by atoms with Gasteiger partial charge in [0.05, 0.1) is 30.5 Å². The second kappa shape index (κ2) is 7.42. The zero-order valence-electron chi connectivity index (χ0n) is 17.0. The summed E-state index contributed by atoms with van der Waals surface area (Å²) in [5, 5.41) is 7.35. The lowest BCUT2D eigenvalue weighted by atomic mass is 9.90. The highest BCUT2D eigenvalue weighted by Crippen LogP contribution is 2.35. The minimum Gasteiger partial charge on any atom is -0.497 e. The molecular weight excluding hydrogens is 372 g/mol. The Morgan fingerprint density at radius 3 is 2.76 bits per heavy atom. The van der Waals surface area contributed by atoms with Crippen LogP contribution in [0.2, 0.25) is 0 Å². The van der Waals surface area contributed by atoms with Gasteiger partial charge in [-0.1, -0.05) is 0 Å². The topological polar surface area (TPSA) is 85.7 Å². The third-order valence-electron chi connectivity index (χ3n) is 5.79. The van der Waals surface area contributed by atoms with Gasteiger partial charge in [-0.05, 0) is 26.0 Å². The van der Waals surface area contributed by atoms with Gasteiger partial charge in [-0.3, -0.25) is 14.3 Å². The van der Waals surface area contributed by atoms with E-state index >= 15 is 0 Å². The second-order valence-corrected chi connectivity index (χ2v) is 7.61. The van der Waals surface area contributed by atoms with Crippen LogP contribution in [0.15, 0.2) is 24.4 Å². The first kappa shape index (κ1) is 19.3. The van der Waals surface area contributed by atoms with Crippen LogP contribution in [0.25, 0.3) is 0 Å². The number of aryl methyl sites for hydroxylation is 2. The Hall–Kier alpha value is -3.03. The molecule has 2 aromatic rings. The first-order valence-corrected chi connectivity index (χ1v) is 9.93. The number of piperidine rings is 1. The van der Waals surface area contributed by atoms with Crippen molar-refractivity contribution < 1.29 is 19.1 Å². The number of hydrogen-bond donors (Lipinski definition) is 1. The molecule has 1 fully saturated rings. The molecule has 2 amide bonds. The Kier molecular flexibility index (Phi) is 4.94. The van der Waals surface area contributed by atoms with E-state index in [0.29, 0.717) is 55.1 Å². The van der Waals surface area contributed by atoms with Crippen molar-refractivity contribution in [3.63, 3.8) is 0 Å². The molecule has 0 atom stereocenters. The number of benzene rings is 1. The molecule has 1 N–H and O–H groups in total. The maximum Gasteiger partial charge on any atom is 0.257 e. The van der Waals surface area contributed by atoms with E-state index in [1.807, 2.05) is 24.9 Å². The number of fused-ring (bicyclic) bond motifs is 1. The van der Waals surface area contributed by atoms with Crippen LogP contribution >= 0.6 is 0 Å². The highest BCUT2D eigenvalue weighted by molar-refractivity contribution is 5.97. The van der Waals surface area contributed by atoms with Crippen molar-refractivity contribution in [2.24, 2.45) is 0 Å². The molecule has 0 unspecified atom stereocenters. The molecule has 1 spiro atoms. The zero-order chi connectivity index (χ0) is 20.6. The first-order valence-electron chi connectivity index (χ1n) is 9.93. The van der Waals surface area contributed by atoms with E-state index in [-0.39, 0.29) is 11.8 Å². The number of carbonyl (C=O) groups is 2. The summed E-state index contributed by atoms with van der Waals surface area (Å²) in [5.41, 5.74) is 1.36. The second-order valence-electron chi connectivity index (χ2n) is 7.61. The van der Waals surface area contributed by atoms with Crippen LogP contribution in [0.1, 0.15) is 46.2 Å². The predicted octanol–water partition coefficient (Wildman–Crippen LogP) is 2.02. The van der Waals surface area contributed by atoms with Crippen molar-refractivity contribution in [1.82, 2.24) is 20.0 Å². The molecule has 0 aliphatic carbocycles. The van der Waals surface area contributed by atoms with Gasteiger partial charge in [-0.25, -0.2) is 0 Å². The number of rotatable bonds is 3. The minimum atomic E-state index is -0.535. The number of ether oxygens (including phenoxy) is 2. The summed E-state index contributed by atoms with van der Waals surface area (Å²) in [6.45, 7) is 6.12. The van der Waals surface area contributed by atoms with Crippen molar-refractivity contribution in [2.75, 3.05) is 26.7 Å². The molecule has 1 aromatic carbocycles. The Balaban J connectivity index is 1.51. The molecule has 2 aliphatic rings. The molecule has 1 aromatic heterocycles. The summed E-state index contributed by atoms with van der Waals surface area (Å²) in [7, 11) is 1.58. The predicted molar refractivity (Wildman–Crippen MR) is 106 cm³/mol. The molecule has 0 bridgehead atoms. The zero-order valence-corrected chi connectivity index (χ0v) is 17.0. The third kappa shape index (κ3) is 3.54. The molecule has 8 nitrogen and oxygen atoms in total. The van der Waals surface area contributed by atoms with E-state index in [9.17, 15) is 9.59 Å². The lowest BCUT2D eigenvalue weighted by Gasteiger charge is -2.41. The molecule has 8 heteroatoms. The highest BCUT2D eigenvalue weighted by Gasteiger charge is 2.41. The molecule has 154 valence electrons. The Labute approximate surface area is 169 Å². The van der Waals surface area contributed by atoms with Crippen LogP contribution in [0.3, 0.4) is 0 Å². The number of carbonyl (C=O) groups excluding carboxylic acids is 2. The fourth-order valence-electron chi connectivity index (χ4n) is 3.96.